The number of para-hydroxylation sites is 1. The van der Waals surface area contributed by atoms with Gasteiger partial charge in [-0.15, -0.1) is 0 Å². The van der Waals surface area contributed by atoms with Gasteiger partial charge in [-0.25, -0.2) is 14.8 Å². The van der Waals surface area contributed by atoms with Gasteiger partial charge in [0.05, 0.1) is 11.9 Å². The minimum absolute atomic E-state index is 0.255. The largest absolute Gasteiger partial charge is 0.444 e. The number of piperazine rings is 1. The first-order valence-electron chi connectivity index (χ1n) is 12.4. The molecule has 1 saturated heterocycles. The highest BCUT2D eigenvalue weighted by Crippen LogP contribution is 2.39. The van der Waals surface area contributed by atoms with Crippen molar-refractivity contribution in [2.45, 2.75) is 39.2 Å². The van der Waals surface area contributed by atoms with E-state index in [1.165, 1.54) is 0 Å². The summed E-state index contributed by atoms with van der Waals surface area (Å²) >= 11 is 0. The van der Waals surface area contributed by atoms with Crippen LogP contribution in [0.25, 0.3) is 0 Å². The second-order valence-corrected chi connectivity index (χ2v) is 10.3. The average Bonchev–Trinajstić information content (AvgIpc) is 3.20. The summed E-state index contributed by atoms with van der Waals surface area (Å²) in [5.74, 6) is 2.51. The lowest BCUT2D eigenvalue weighted by atomic mass is 10.1. The molecule has 0 radical (unpaired) electrons. The Labute approximate surface area is 212 Å². The van der Waals surface area contributed by atoms with Gasteiger partial charge < -0.3 is 24.8 Å². The van der Waals surface area contributed by atoms with E-state index in [1.807, 2.05) is 63.5 Å². The fourth-order valence-corrected chi connectivity index (χ4v) is 4.54. The molecule has 1 atom stereocenters. The highest BCUT2D eigenvalue weighted by atomic mass is 16.6. The van der Waals surface area contributed by atoms with Crippen LogP contribution in [0.3, 0.4) is 0 Å². The lowest BCUT2D eigenvalue weighted by Crippen LogP contribution is -2.50. The molecule has 0 saturated carbocycles. The van der Waals surface area contributed by atoms with E-state index in [-0.39, 0.29) is 6.09 Å². The van der Waals surface area contributed by atoms with Gasteiger partial charge in [-0.3, -0.25) is 0 Å². The number of carbonyl (C=O) groups is 1. The third kappa shape index (κ3) is 5.19. The monoisotopic (exact) mass is 487 g/mol. The first-order valence-corrected chi connectivity index (χ1v) is 12.4. The summed E-state index contributed by atoms with van der Waals surface area (Å²) in [6.07, 6.45) is 3.50. The van der Waals surface area contributed by atoms with E-state index in [1.54, 1.807) is 4.90 Å². The Morgan fingerprint density at radius 1 is 0.972 bits per heavy atom. The van der Waals surface area contributed by atoms with E-state index in [0.29, 0.717) is 30.8 Å². The molecule has 1 N–H and O–H groups in total. The lowest BCUT2D eigenvalue weighted by Gasteiger charge is -2.36. The first kappa shape index (κ1) is 23.8. The van der Waals surface area contributed by atoms with Crippen LogP contribution in [-0.2, 0) is 4.74 Å². The Kier molecular flexibility index (Phi) is 6.38. The molecule has 1 aromatic carbocycles. The standard InChI is InChI=1S/C27H33N7O2/c1-19-18-34(20-8-6-5-7-9-20)24-22(19)17-29-25(31-24)30-23-11-10-21(16-28-23)32-12-14-33(15-13-32)26(35)36-27(2,3)4/h5-11,16-17,19H,12-15,18H2,1-4H3,(H,28,29,30,31). The number of ether oxygens (including phenoxy) is 1. The van der Waals surface area contributed by atoms with Crippen LogP contribution in [0.4, 0.5) is 33.8 Å². The number of aromatic nitrogens is 3. The molecule has 9 nitrogen and oxygen atoms in total. The second kappa shape index (κ2) is 9.64. The smallest absolute Gasteiger partial charge is 0.410 e. The van der Waals surface area contributed by atoms with E-state index in [4.69, 9.17) is 9.72 Å². The summed E-state index contributed by atoms with van der Waals surface area (Å²) in [7, 11) is 0. The topological polar surface area (TPSA) is 86.7 Å². The number of rotatable bonds is 4. The number of carbonyl (C=O) groups excluding carboxylic acids is 1. The van der Waals surface area contributed by atoms with E-state index >= 15 is 0 Å². The Bertz CT molecular complexity index is 1200. The van der Waals surface area contributed by atoms with Gasteiger partial charge in [0.25, 0.3) is 0 Å². The minimum Gasteiger partial charge on any atom is -0.444 e. The molecule has 0 bridgehead atoms. The molecule has 36 heavy (non-hydrogen) atoms. The van der Waals surface area contributed by atoms with Crippen molar-refractivity contribution in [3.8, 4) is 0 Å². The lowest BCUT2D eigenvalue weighted by molar-refractivity contribution is 0.0240. The zero-order valence-corrected chi connectivity index (χ0v) is 21.3. The number of nitrogens with zero attached hydrogens (tertiary/aromatic N) is 6. The number of nitrogens with one attached hydrogen (secondary N) is 1. The van der Waals surface area contributed by atoms with Crippen molar-refractivity contribution in [3.63, 3.8) is 0 Å². The molecule has 3 aromatic rings. The number of hydrogen-bond donors (Lipinski definition) is 1. The highest BCUT2D eigenvalue weighted by molar-refractivity contribution is 5.69. The third-order valence-corrected chi connectivity index (χ3v) is 6.39. The van der Waals surface area contributed by atoms with E-state index in [2.05, 4.69) is 44.1 Å². The van der Waals surface area contributed by atoms with Gasteiger partial charge in [0, 0.05) is 56.1 Å². The molecule has 2 aromatic heterocycles. The number of fused-ring (bicyclic) bond motifs is 1. The van der Waals surface area contributed by atoms with Crippen molar-refractivity contribution >= 4 is 35.1 Å². The van der Waals surface area contributed by atoms with Gasteiger partial charge in [-0.1, -0.05) is 25.1 Å². The van der Waals surface area contributed by atoms with Crippen LogP contribution in [0.2, 0.25) is 0 Å². The zero-order valence-electron chi connectivity index (χ0n) is 21.3. The second-order valence-electron chi connectivity index (χ2n) is 10.3. The summed E-state index contributed by atoms with van der Waals surface area (Å²) in [6.45, 7) is 11.4. The summed E-state index contributed by atoms with van der Waals surface area (Å²) in [6, 6.07) is 14.3. The molecule has 0 spiro atoms. The summed E-state index contributed by atoms with van der Waals surface area (Å²) in [5, 5.41) is 3.25. The van der Waals surface area contributed by atoms with Crippen LogP contribution < -0.4 is 15.1 Å². The van der Waals surface area contributed by atoms with Gasteiger partial charge >= 0.3 is 6.09 Å². The van der Waals surface area contributed by atoms with Crippen LogP contribution in [0.15, 0.2) is 54.9 Å². The van der Waals surface area contributed by atoms with Gasteiger partial charge in [0.15, 0.2) is 0 Å². The van der Waals surface area contributed by atoms with Crippen molar-refractivity contribution < 1.29 is 9.53 Å². The van der Waals surface area contributed by atoms with Gasteiger partial charge in [0.2, 0.25) is 5.95 Å². The van der Waals surface area contributed by atoms with Crippen molar-refractivity contribution in [3.05, 3.63) is 60.4 Å². The molecule has 0 aliphatic carbocycles. The molecule has 2 aliphatic rings. The predicted octanol–water partition coefficient (Wildman–Crippen LogP) is 4.93. The highest BCUT2D eigenvalue weighted by Gasteiger charge is 2.29. The van der Waals surface area contributed by atoms with E-state index in [9.17, 15) is 4.79 Å². The molecular weight excluding hydrogens is 454 g/mol. The van der Waals surface area contributed by atoms with Crippen LogP contribution >= 0.6 is 0 Å². The molecule has 1 fully saturated rings. The average molecular weight is 488 g/mol. The molecule has 1 amide bonds. The molecular formula is C27H33N7O2. The van der Waals surface area contributed by atoms with E-state index in [0.717, 1.165) is 42.4 Å². The first-order chi connectivity index (χ1) is 17.3. The number of pyridine rings is 1. The summed E-state index contributed by atoms with van der Waals surface area (Å²) < 4.78 is 5.49. The predicted molar refractivity (Wildman–Crippen MR) is 141 cm³/mol. The van der Waals surface area contributed by atoms with Crippen molar-refractivity contribution in [2.24, 2.45) is 0 Å². The maximum absolute atomic E-state index is 12.3. The zero-order chi connectivity index (χ0) is 25.3. The molecule has 4 heterocycles. The van der Waals surface area contributed by atoms with Crippen LogP contribution in [0, 0.1) is 0 Å². The fourth-order valence-electron chi connectivity index (χ4n) is 4.54. The van der Waals surface area contributed by atoms with Crippen LogP contribution in [0.5, 0.6) is 0 Å². The quantitative estimate of drug-likeness (QED) is 0.555. The van der Waals surface area contributed by atoms with E-state index < -0.39 is 5.60 Å². The summed E-state index contributed by atoms with van der Waals surface area (Å²) in [4.78, 5) is 32.5. The fraction of sp³-hybridized carbons (Fsp3) is 0.407. The minimum atomic E-state index is -0.485. The third-order valence-electron chi connectivity index (χ3n) is 6.39. The number of benzene rings is 1. The van der Waals surface area contributed by atoms with Gasteiger partial charge in [0.1, 0.15) is 17.2 Å². The normalized spacial score (nSPS) is 17.7. The van der Waals surface area contributed by atoms with Gasteiger partial charge in [-0.2, -0.15) is 4.98 Å². The molecule has 2 aliphatic heterocycles. The number of anilines is 5. The van der Waals surface area contributed by atoms with Crippen LogP contribution in [0.1, 0.15) is 39.2 Å². The Hall–Kier alpha value is -3.88. The number of amides is 1. The van der Waals surface area contributed by atoms with Crippen molar-refractivity contribution in [1.29, 1.82) is 0 Å². The maximum Gasteiger partial charge on any atom is 0.410 e. The van der Waals surface area contributed by atoms with Crippen molar-refractivity contribution in [1.82, 2.24) is 19.9 Å². The molecule has 5 rings (SSSR count). The molecule has 188 valence electrons. The molecule has 1 unspecified atom stereocenters. The number of hydrogen-bond acceptors (Lipinski definition) is 8. The van der Waals surface area contributed by atoms with Gasteiger partial charge in [-0.05, 0) is 45.0 Å². The molecule has 9 heteroatoms. The van der Waals surface area contributed by atoms with Crippen molar-refractivity contribution in [2.75, 3.05) is 47.8 Å². The summed E-state index contributed by atoms with van der Waals surface area (Å²) in [5.41, 5.74) is 2.81. The Balaban J connectivity index is 1.22. The Morgan fingerprint density at radius 2 is 1.72 bits per heavy atom. The SMILES string of the molecule is CC1CN(c2ccccc2)c2nc(Nc3ccc(N4CCN(C(=O)OC(C)(C)C)CC4)cn3)ncc21. The maximum atomic E-state index is 12.3. The van der Waals surface area contributed by atoms with Crippen LogP contribution in [-0.4, -0.2) is 64.3 Å². The Morgan fingerprint density at radius 3 is 2.39 bits per heavy atom.